The van der Waals surface area contributed by atoms with Gasteiger partial charge in [-0.3, -0.25) is 9.59 Å². The van der Waals surface area contributed by atoms with Crippen molar-refractivity contribution in [3.05, 3.63) is 53.7 Å². The second-order valence-electron chi connectivity index (χ2n) is 8.39. The third-order valence-electron chi connectivity index (χ3n) is 5.71. The van der Waals surface area contributed by atoms with Gasteiger partial charge in [-0.25, -0.2) is 9.78 Å². The second-order valence-corrected chi connectivity index (χ2v) is 8.39. The molecule has 0 spiro atoms. The number of alkyl halides is 3. The van der Waals surface area contributed by atoms with Crippen LogP contribution in [0.3, 0.4) is 0 Å². The highest BCUT2D eigenvalue weighted by Gasteiger charge is 2.31. The van der Waals surface area contributed by atoms with Crippen LogP contribution in [-0.2, 0) is 25.2 Å². The maximum atomic E-state index is 12.7. The molecule has 1 amide bonds. The summed E-state index contributed by atoms with van der Waals surface area (Å²) in [6.07, 6.45) is -1.09. The topological polar surface area (TPSA) is 97.8 Å². The molecule has 1 saturated heterocycles. The number of aromatic nitrogens is 1. The largest absolute Gasteiger partial charge is 0.462 e. The Morgan fingerprint density at radius 1 is 1.06 bits per heavy atom. The van der Waals surface area contributed by atoms with Gasteiger partial charge in [-0.2, -0.15) is 13.2 Å². The number of ether oxygens (including phenoxy) is 2. The van der Waals surface area contributed by atoms with Crippen LogP contribution in [0.1, 0.15) is 48.5 Å². The summed E-state index contributed by atoms with van der Waals surface area (Å²) in [4.78, 5) is 42.1. The maximum absolute atomic E-state index is 12.7. The molecule has 0 bridgehead atoms. The molecule has 1 fully saturated rings. The molecular formula is C25H28F3N3O5. The minimum atomic E-state index is -4.44. The Bertz CT molecular complexity index is 1030. The van der Waals surface area contributed by atoms with Gasteiger partial charge in [0.15, 0.2) is 6.61 Å². The molecule has 11 heteroatoms. The van der Waals surface area contributed by atoms with E-state index in [1.165, 1.54) is 18.2 Å². The van der Waals surface area contributed by atoms with Crippen LogP contribution in [-0.4, -0.2) is 49.1 Å². The van der Waals surface area contributed by atoms with Crippen LogP contribution in [0, 0.1) is 5.92 Å². The summed E-state index contributed by atoms with van der Waals surface area (Å²) < 4.78 is 48.4. The zero-order valence-electron chi connectivity index (χ0n) is 19.8. The van der Waals surface area contributed by atoms with E-state index in [1.807, 2.05) is 6.92 Å². The van der Waals surface area contributed by atoms with Crippen LogP contribution in [0.5, 0.6) is 0 Å². The maximum Gasteiger partial charge on any atom is 0.417 e. The molecule has 2 aromatic rings. The summed E-state index contributed by atoms with van der Waals surface area (Å²) in [5, 5.41) is 2.60. The van der Waals surface area contributed by atoms with Gasteiger partial charge in [-0.15, -0.1) is 0 Å². The minimum absolute atomic E-state index is 0.351. The molecule has 8 nitrogen and oxygen atoms in total. The number of anilines is 2. The van der Waals surface area contributed by atoms with Crippen molar-refractivity contribution in [3.63, 3.8) is 0 Å². The number of nitrogens with one attached hydrogen (secondary N) is 1. The zero-order chi connectivity index (χ0) is 26.1. The number of hydrogen-bond acceptors (Lipinski definition) is 7. The smallest absolute Gasteiger partial charge is 0.417 e. The lowest BCUT2D eigenvalue weighted by Crippen LogP contribution is -2.38. The van der Waals surface area contributed by atoms with Gasteiger partial charge in [0, 0.05) is 25.0 Å². The first-order valence-electron chi connectivity index (χ1n) is 11.7. The lowest BCUT2D eigenvalue weighted by atomic mass is 9.97. The summed E-state index contributed by atoms with van der Waals surface area (Å²) in [7, 11) is 0. The lowest BCUT2D eigenvalue weighted by Gasteiger charge is -2.31. The highest BCUT2D eigenvalue weighted by molar-refractivity contribution is 5.94. The molecule has 1 aromatic carbocycles. The average molecular weight is 508 g/mol. The SMILES string of the molecule is CCCCOC(=O)c1ccc(NC(=O)COC(=O)C2CCN(c3ccc(C(F)(F)F)cn3)CC2)cc1. The van der Waals surface area contributed by atoms with Crippen molar-refractivity contribution in [1.29, 1.82) is 0 Å². The van der Waals surface area contributed by atoms with Crippen LogP contribution in [0.2, 0.25) is 0 Å². The number of amides is 1. The fraction of sp³-hybridized carbons (Fsp3) is 0.440. The first-order chi connectivity index (χ1) is 17.2. The van der Waals surface area contributed by atoms with E-state index in [1.54, 1.807) is 17.0 Å². The molecule has 36 heavy (non-hydrogen) atoms. The van der Waals surface area contributed by atoms with Crippen molar-refractivity contribution >= 4 is 29.4 Å². The summed E-state index contributed by atoms with van der Waals surface area (Å²) in [6.45, 7) is 2.75. The number of carbonyl (C=O) groups is 3. The van der Waals surface area contributed by atoms with E-state index in [9.17, 15) is 27.6 Å². The molecule has 1 aromatic heterocycles. The van der Waals surface area contributed by atoms with Crippen molar-refractivity contribution in [2.45, 2.75) is 38.8 Å². The molecule has 194 valence electrons. The molecule has 0 aliphatic carbocycles. The highest BCUT2D eigenvalue weighted by atomic mass is 19.4. The highest BCUT2D eigenvalue weighted by Crippen LogP contribution is 2.30. The molecule has 0 saturated carbocycles. The third-order valence-corrected chi connectivity index (χ3v) is 5.71. The van der Waals surface area contributed by atoms with E-state index in [0.717, 1.165) is 25.1 Å². The summed E-state index contributed by atoms with van der Waals surface area (Å²) in [5.74, 6) is -1.46. The van der Waals surface area contributed by atoms with Gasteiger partial charge in [0.1, 0.15) is 5.82 Å². The molecular weight excluding hydrogens is 479 g/mol. The molecule has 3 rings (SSSR count). The van der Waals surface area contributed by atoms with Gasteiger partial charge < -0.3 is 19.7 Å². The van der Waals surface area contributed by atoms with Crippen LogP contribution in [0.25, 0.3) is 0 Å². The summed E-state index contributed by atoms with van der Waals surface area (Å²) in [5.41, 5.74) is -0.00396. The Balaban J connectivity index is 1.39. The van der Waals surface area contributed by atoms with Gasteiger partial charge in [0.25, 0.3) is 5.91 Å². The summed E-state index contributed by atoms with van der Waals surface area (Å²) in [6, 6.07) is 8.48. The number of rotatable bonds is 9. The van der Waals surface area contributed by atoms with Crippen LogP contribution >= 0.6 is 0 Å². The van der Waals surface area contributed by atoms with E-state index in [2.05, 4.69) is 10.3 Å². The fourth-order valence-electron chi connectivity index (χ4n) is 3.62. The first-order valence-corrected chi connectivity index (χ1v) is 11.7. The second kappa shape index (κ2) is 12.4. The monoisotopic (exact) mass is 507 g/mol. The third kappa shape index (κ3) is 7.69. The predicted octanol–water partition coefficient (Wildman–Crippen LogP) is 4.46. The average Bonchev–Trinajstić information content (AvgIpc) is 2.87. The van der Waals surface area contributed by atoms with E-state index >= 15 is 0 Å². The first kappa shape index (κ1) is 27.0. The van der Waals surface area contributed by atoms with E-state index in [4.69, 9.17) is 9.47 Å². The van der Waals surface area contributed by atoms with Crippen molar-refractivity contribution in [1.82, 2.24) is 4.98 Å². The van der Waals surface area contributed by atoms with Crippen LogP contribution in [0.4, 0.5) is 24.7 Å². The number of unbranched alkanes of at least 4 members (excludes halogenated alkanes) is 1. The van der Waals surface area contributed by atoms with Gasteiger partial charge in [0.05, 0.1) is 23.7 Å². The van der Waals surface area contributed by atoms with Crippen LogP contribution in [0.15, 0.2) is 42.6 Å². The Morgan fingerprint density at radius 3 is 2.33 bits per heavy atom. The molecule has 0 radical (unpaired) electrons. The van der Waals surface area contributed by atoms with Crippen LogP contribution < -0.4 is 10.2 Å². The fourth-order valence-corrected chi connectivity index (χ4v) is 3.62. The lowest BCUT2D eigenvalue weighted by molar-refractivity contribution is -0.152. The normalized spacial score (nSPS) is 14.3. The Labute approximate surface area is 206 Å². The minimum Gasteiger partial charge on any atom is -0.462 e. The standard InChI is InChI=1S/C25H28F3N3O5/c1-2-3-14-35-23(33)17-4-7-20(8-5-17)30-22(32)16-36-24(34)18-10-12-31(13-11-18)21-9-6-19(15-29-21)25(26,27)28/h4-9,15,18H,2-3,10-14,16H2,1H3,(H,30,32). The number of pyridine rings is 1. The Hall–Kier alpha value is -3.63. The molecule has 2 heterocycles. The molecule has 1 aliphatic rings. The number of piperidine rings is 1. The molecule has 1 N–H and O–H groups in total. The Morgan fingerprint density at radius 2 is 1.75 bits per heavy atom. The molecule has 1 aliphatic heterocycles. The van der Waals surface area contributed by atoms with Crippen molar-refractivity contribution in [2.24, 2.45) is 5.92 Å². The van der Waals surface area contributed by atoms with E-state index in [-0.39, 0.29) is 0 Å². The van der Waals surface area contributed by atoms with Gasteiger partial charge in [-0.05, 0) is 55.7 Å². The molecule has 0 atom stereocenters. The number of hydrogen-bond donors (Lipinski definition) is 1. The zero-order valence-corrected chi connectivity index (χ0v) is 19.8. The quantitative estimate of drug-likeness (QED) is 0.395. The van der Waals surface area contributed by atoms with Gasteiger partial charge in [0.2, 0.25) is 0 Å². The van der Waals surface area contributed by atoms with Crippen molar-refractivity contribution in [3.8, 4) is 0 Å². The van der Waals surface area contributed by atoms with Gasteiger partial charge >= 0.3 is 18.1 Å². The van der Waals surface area contributed by atoms with E-state index in [0.29, 0.717) is 49.6 Å². The number of nitrogens with zero attached hydrogens (tertiary/aromatic N) is 2. The van der Waals surface area contributed by atoms with Crippen molar-refractivity contribution in [2.75, 3.05) is 36.5 Å². The number of benzene rings is 1. The van der Waals surface area contributed by atoms with Crippen molar-refractivity contribution < 1.29 is 37.0 Å². The summed E-state index contributed by atoms with van der Waals surface area (Å²) >= 11 is 0. The molecule has 0 unspecified atom stereocenters. The predicted molar refractivity (Wildman–Crippen MR) is 125 cm³/mol. The van der Waals surface area contributed by atoms with E-state index < -0.39 is 42.1 Å². The number of halogens is 3. The number of carbonyl (C=O) groups excluding carboxylic acids is 3. The Kier molecular flexibility index (Phi) is 9.26. The van der Waals surface area contributed by atoms with Gasteiger partial charge in [-0.1, -0.05) is 13.3 Å². The number of esters is 2.